The van der Waals surface area contributed by atoms with Crippen LogP contribution in [-0.4, -0.2) is 11.3 Å². The number of aliphatic hydroxyl groups is 1. The standard InChI is InChI=1S/C13H20FNO/c1-4-9(3)13(16)15-12-7-6-11(14)8-10(12)5-2/h6-9,13,15-16H,4-5H2,1-3H3/t9?,13-/m0/s1. The SMILES string of the molecule is CCc1cc(F)ccc1N[C@@H](O)C(C)CC. The summed E-state index contributed by atoms with van der Waals surface area (Å²) in [5, 5.41) is 12.9. The number of halogens is 1. The first kappa shape index (κ1) is 13.0. The van der Waals surface area contributed by atoms with Crippen LogP contribution in [0.25, 0.3) is 0 Å². The first-order chi connectivity index (χ1) is 7.58. The van der Waals surface area contributed by atoms with Crippen LogP contribution in [0.2, 0.25) is 0 Å². The van der Waals surface area contributed by atoms with Crippen molar-refractivity contribution >= 4 is 5.69 Å². The second-order valence-corrected chi connectivity index (χ2v) is 4.13. The van der Waals surface area contributed by atoms with Crippen molar-refractivity contribution in [1.29, 1.82) is 0 Å². The average Bonchev–Trinajstić information content (AvgIpc) is 2.30. The Morgan fingerprint density at radius 1 is 1.38 bits per heavy atom. The third kappa shape index (κ3) is 3.20. The number of benzene rings is 1. The number of aliphatic hydroxyl groups excluding tert-OH is 1. The van der Waals surface area contributed by atoms with Crippen LogP contribution in [0.4, 0.5) is 10.1 Å². The maximum atomic E-state index is 13.0. The van der Waals surface area contributed by atoms with Crippen LogP contribution < -0.4 is 5.32 Å². The van der Waals surface area contributed by atoms with Gasteiger partial charge in [-0.3, -0.25) is 0 Å². The molecule has 0 aromatic heterocycles. The molecule has 1 rings (SSSR count). The van der Waals surface area contributed by atoms with E-state index >= 15 is 0 Å². The van der Waals surface area contributed by atoms with Crippen molar-refractivity contribution in [3.8, 4) is 0 Å². The summed E-state index contributed by atoms with van der Waals surface area (Å²) in [5.74, 6) is -0.0600. The van der Waals surface area contributed by atoms with Gasteiger partial charge in [0, 0.05) is 11.6 Å². The Bertz CT molecular complexity index is 341. The lowest BCUT2D eigenvalue weighted by Crippen LogP contribution is -2.26. The van der Waals surface area contributed by atoms with Gasteiger partial charge in [-0.05, 0) is 36.6 Å². The molecular weight excluding hydrogens is 205 g/mol. The van der Waals surface area contributed by atoms with Crippen molar-refractivity contribution in [3.05, 3.63) is 29.6 Å². The molecule has 2 atom stereocenters. The van der Waals surface area contributed by atoms with E-state index in [0.29, 0.717) is 0 Å². The van der Waals surface area contributed by atoms with Gasteiger partial charge in [0.2, 0.25) is 0 Å². The molecule has 1 unspecified atom stereocenters. The summed E-state index contributed by atoms with van der Waals surface area (Å²) in [7, 11) is 0. The van der Waals surface area contributed by atoms with Gasteiger partial charge < -0.3 is 10.4 Å². The summed E-state index contributed by atoms with van der Waals surface area (Å²) in [6, 6.07) is 4.59. The molecule has 90 valence electrons. The summed E-state index contributed by atoms with van der Waals surface area (Å²) in [6.07, 6.45) is 1.06. The molecule has 0 amide bonds. The van der Waals surface area contributed by atoms with Gasteiger partial charge >= 0.3 is 0 Å². The first-order valence-corrected chi connectivity index (χ1v) is 5.81. The second-order valence-electron chi connectivity index (χ2n) is 4.13. The zero-order chi connectivity index (χ0) is 12.1. The highest BCUT2D eigenvalue weighted by atomic mass is 19.1. The zero-order valence-corrected chi connectivity index (χ0v) is 10.1. The van der Waals surface area contributed by atoms with E-state index in [0.717, 1.165) is 24.1 Å². The topological polar surface area (TPSA) is 32.3 Å². The lowest BCUT2D eigenvalue weighted by molar-refractivity contribution is 0.141. The number of aryl methyl sites for hydroxylation is 1. The molecule has 3 heteroatoms. The second kappa shape index (κ2) is 5.85. The van der Waals surface area contributed by atoms with Crippen LogP contribution in [0.5, 0.6) is 0 Å². The quantitative estimate of drug-likeness (QED) is 0.754. The fraction of sp³-hybridized carbons (Fsp3) is 0.538. The number of hydrogen-bond donors (Lipinski definition) is 2. The van der Waals surface area contributed by atoms with Crippen molar-refractivity contribution in [2.24, 2.45) is 5.92 Å². The largest absolute Gasteiger partial charge is 0.374 e. The van der Waals surface area contributed by atoms with Crippen LogP contribution in [0.3, 0.4) is 0 Å². The van der Waals surface area contributed by atoms with Crippen molar-refractivity contribution in [2.45, 2.75) is 39.8 Å². The molecule has 0 heterocycles. The van der Waals surface area contributed by atoms with E-state index in [1.165, 1.54) is 12.1 Å². The molecule has 0 aliphatic carbocycles. The minimum atomic E-state index is -0.583. The Balaban J connectivity index is 2.80. The normalized spacial score (nSPS) is 14.6. The van der Waals surface area contributed by atoms with Crippen molar-refractivity contribution < 1.29 is 9.50 Å². The molecule has 16 heavy (non-hydrogen) atoms. The lowest BCUT2D eigenvalue weighted by Gasteiger charge is -2.21. The predicted molar refractivity (Wildman–Crippen MR) is 64.9 cm³/mol. The van der Waals surface area contributed by atoms with E-state index in [-0.39, 0.29) is 11.7 Å². The van der Waals surface area contributed by atoms with Crippen molar-refractivity contribution in [1.82, 2.24) is 0 Å². The fourth-order valence-electron chi connectivity index (χ4n) is 1.52. The van der Waals surface area contributed by atoms with Gasteiger partial charge in [-0.15, -0.1) is 0 Å². The summed E-state index contributed by atoms with van der Waals surface area (Å²) < 4.78 is 13.0. The summed E-state index contributed by atoms with van der Waals surface area (Å²) in [6.45, 7) is 5.98. The third-order valence-electron chi connectivity index (χ3n) is 2.93. The molecular formula is C13H20FNO. The minimum absolute atomic E-state index is 0.176. The van der Waals surface area contributed by atoms with Gasteiger partial charge in [0.1, 0.15) is 12.0 Å². The molecule has 2 nitrogen and oxygen atoms in total. The zero-order valence-electron chi connectivity index (χ0n) is 10.1. The van der Waals surface area contributed by atoms with Crippen molar-refractivity contribution in [2.75, 3.05) is 5.32 Å². The predicted octanol–water partition coefficient (Wildman–Crippen LogP) is 3.16. The number of rotatable bonds is 5. The first-order valence-electron chi connectivity index (χ1n) is 5.81. The molecule has 0 aliphatic rings. The van der Waals surface area contributed by atoms with Crippen LogP contribution in [0.15, 0.2) is 18.2 Å². The fourth-order valence-corrected chi connectivity index (χ4v) is 1.52. The van der Waals surface area contributed by atoms with E-state index in [4.69, 9.17) is 0 Å². The van der Waals surface area contributed by atoms with Gasteiger partial charge in [0.05, 0.1) is 0 Å². The number of anilines is 1. The smallest absolute Gasteiger partial charge is 0.127 e. The van der Waals surface area contributed by atoms with Gasteiger partial charge in [-0.25, -0.2) is 4.39 Å². The highest BCUT2D eigenvalue weighted by Gasteiger charge is 2.13. The Kier molecular flexibility index (Phi) is 4.74. The maximum Gasteiger partial charge on any atom is 0.127 e. The van der Waals surface area contributed by atoms with Crippen LogP contribution in [0, 0.1) is 11.7 Å². The summed E-state index contributed by atoms with van der Waals surface area (Å²) in [5.41, 5.74) is 1.71. The van der Waals surface area contributed by atoms with Crippen molar-refractivity contribution in [3.63, 3.8) is 0 Å². The van der Waals surface area contributed by atoms with E-state index in [1.807, 2.05) is 20.8 Å². The highest BCUT2D eigenvalue weighted by Crippen LogP contribution is 2.20. The van der Waals surface area contributed by atoms with Crippen LogP contribution in [-0.2, 0) is 6.42 Å². The van der Waals surface area contributed by atoms with Crippen LogP contribution >= 0.6 is 0 Å². The van der Waals surface area contributed by atoms with Gasteiger partial charge in [0.15, 0.2) is 0 Å². The minimum Gasteiger partial charge on any atom is -0.374 e. The monoisotopic (exact) mass is 225 g/mol. The third-order valence-corrected chi connectivity index (χ3v) is 2.93. The molecule has 1 aromatic rings. The molecule has 0 aliphatic heterocycles. The van der Waals surface area contributed by atoms with Gasteiger partial charge in [0.25, 0.3) is 0 Å². The Labute approximate surface area is 96.5 Å². The number of nitrogens with one attached hydrogen (secondary N) is 1. The maximum absolute atomic E-state index is 13.0. The Morgan fingerprint density at radius 3 is 2.62 bits per heavy atom. The number of hydrogen-bond acceptors (Lipinski definition) is 2. The lowest BCUT2D eigenvalue weighted by atomic mass is 10.1. The Hall–Kier alpha value is -1.09. The van der Waals surface area contributed by atoms with Gasteiger partial charge in [-0.2, -0.15) is 0 Å². The van der Waals surface area contributed by atoms with E-state index in [1.54, 1.807) is 6.07 Å². The summed E-state index contributed by atoms with van der Waals surface area (Å²) >= 11 is 0. The molecule has 0 saturated carbocycles. The molecule has 0 saturated heterocycles. The van der Waals surface area contributed by atoms with Crippen LogP contribution in [0.1, 0.15) is 32.8 Å². The van der Waals surface area contributed by atoms with E-state index < -0.39 is 6.23 Å². The average molecular weight is 225 g/mol. The van der Waals surface area contributed by atoms with E-state index in [9.17, 15) is 9.50 Å². The molecule has 0 radical (unpaired) electrons. The molecule has 0 bridgehead atoms. The molecule has 0 spiro atoms. The molecule has 1 aromatic carbocycles. The van der Waals surface area contributed by atoms with E-state index in [2.05, 4.69) is 5.32 Å². The molecule has 2 N–H and O–H groups in total. The highest BCUT2D eigenvalue weighted by molar-refractivity contribution is 5.51. The van der Waals surface area contributed by atoms with Gasteiger partial charge in [-0.1, -0.05) is 20.8 Å². The summed E-state index contributed by atoms with van der Waals surface area (Å²) in [4.78, 5) is 0. The Morgan fingerprint density at radius 2 is 2.06 bits per heavy atom. The molecule has 0 fully saturated rings.